The summed E-state index contributed by atoms with van der Waals surface area (Å²) in [5.41, 5.74) is 5.79. The first-order valence-electron chi connectivity index (χ1n) is 6.95. The molecule has 0 aliphatic carbocycles. The third-order valence-electron chi connectivity index (χ3n) is 4.25. The van der Waals surface area contributed by atoms with Crippen LogP contribution in [-0.4, -0.2) is 41.9 Å². The normalized spacial score (nSPS) is 32.4. The summed E-state index contributed by atoms with van der Waals surface area (Å²) in [7, 11) is 0. The molecular weight excluding hydrogens is 230 g/mol. The van der Waals surface area contributed by atoms with Gasteiger partial charge in [-0.15, -0.1) is 0 Å². The molecule has 2 rings (SSSR count). The summed E-state index contributed by atoms with van der Waals surface area (Å²) in [6, 6.07) is -0.168. The molecule has 5 nitrogen and oxygen atoms in total. The Bertz CT molecular complexity index is 332. The first-order chi connectivity index (χ1) is 8.65. The molecule has 102 valence electrons. The number of nitrogens with two attached hydrogens (primary N) is 1. The molecule has 0 bridgehead atoms. The fourth-order valence-electron chi connectivity index (χ4n) is 3.02. The molecule has 18 heavy (non-hydrogen) atoms. The zero-order valence-electron chi connectivity index (χ0n) is 11.0. The van der Waals surface area contributed by atoms with Crippen LogP contribution in [0.1, 0.15) is 39.0 Å². The lowest BCUT2D eigenvalue weighted by molar-refractivity contribution is -0.138. The Hall–Kier alpha value is -1.10. The van der Waals surface area contributed by atoms with E-state index in [4.69, 9.17) is 5.73 Å². The highest BCUT2D eigenvalue weighted by atomic mass is 16.2. The van der Waals surface area contributed by atoms with E-state index in [2.05, 4.69) is 12.2 Å². The van der Waals surface area contributed by atoms with Crippen LogP contribution in [0.3, 0.4) is 0 Å². The van der Waals surface area contributed by atoms with E-state index in [1.807, 2.05) is 4.90 Å². The Morgan fingerprint density at radius 1 is 1.50 bits per heavy atom. The van der Waals surface area contributed by atoms with Crippen LogP contribution in [0.5, 0.6) is 0 Å². The molecule has 0 saturated carbocycles. The molecule has 3 atom stereocenters. The second kappa shape index (κ2) is 5.69. The number of nitrogens with one attached hydrogen (secondary N) is 1. The van der Waals surface area contributed by atoms with Gasteiger partial charge in [0.15, 0.2) is 0 Å². The summed E-state index contributed by atoms with van der Waals surface area (Å²) in [4.78, 5) is 25.4. The van der Waals surface area contributed by atoms with Crippen molar-refractivity contribution in [3.63, 3.8) is 0 Å². The summed E-state index contributed by atoms with van der Waals surface area (Å²) >= 11 is 0. The van der Waals surface area contributed by atoms with Gasteiger partial charge in [0.2, 0.25) is 11.8 Å². The summed E-state index contributed by atoms with van der Waals surface area (Å²) in [6.07, 6.45) is 4.30. The molecule has 3 N–H and O–H groups in total. The van der Waals surface area contributed by atoms with Gasteiger partial charge < -0.3 is 16.0 Å². The molecule has 0 spiro atoms. The zero-order chi connectivity index (χ0) is 13.1. The molecule has 2 aliphatic heterocycles. The van der Waals surface area contributed by atoms with Gasteiger partial charge in [-0.2, -0.15) is 0 Å². The monoisotopic (exact) mass is 253 g/mol. The average molecular weight is 253 g/mol. The number of piperidine rings is 1. The van der Waals surface area contributed by atoms with E-state index in [0.29, 0.717) is 25.3 Å². The molecule has 2 aliphatic rings. The summed E-state index contributed by atoms with van der Waals surface area (Å²) in [5, 5.41) is 2.75. The van der Waals surface area contributed by atoms with E-state index in [1.54, 1.807) is 0 Å². The van der Waals surface area contributed by atoms with Crippen molar-refractivity contribution in [3.8, 4) is 0 Å². The van der Waals surface area contributed by atoms with Crippen molar-refractivity contribution < 1.29 is 9.59 Å². The molecule has 2 saturated heterocycles. The summed E-state index contributed by atoms with van der Waals surface area (Å²) in [6.45, 7) is 3.49. The first kappa shape index (κ1) is 13.3. The lowest BCUT2D eigenvalue weighted by Gasteiger charge is -2.40. The predicted octanol–water partition coefficient (Wildman–Crippen LogP) is 0.241. The van der Waals surface area contributed by atoms with Gasteiger partial charge in [0.25, 0.3) is 0 Å². The van der Waals surface area contributed by atoms with Gasteiger partial charge in [0.1, 0.15) is 6.04 Å². The van der Waals surface area contributed by atoms with E-state index in [9.17, 15) is 9.59 Å². The van der Waals surface area contributed by atoms with Crippen LogP contribution in [0.15, 0.2) is 0 Å². The highest BCUT2D eigenvalue weighted by molar-refractivity contribution is 5.91. The number of nitrogens with zero attached hydrogens (tertiary/aromatic N) is 1. The minimum atomic E-state index is -0.315. The Morgan fingerprint density at radius 2 is 2.28 bits per heavy atom. The largest absolute Gasteiger partial charge is 0.344 e. The number of amides is 2. The molecule has 0 aromatic heterocycles. The molecule has 2 unspecified atom stereocenters. The maximum atomic E-state index is 12.4. The number of likely N-dealkylation sites (tertiary alicyclic amines) is 1. The van der Waals surface area contributed by atoms with Crippen molar-refractivity contribution in [2.24, 2.45) is 11.7 Å². The van der Waals surface area contributed by atoms with E-state index in [1.165, 1.54) is 0 Å². The lowest BCUT2D eigenvalue weighted by Crippen LogP contribution is -2.54. The molecular formula is C13H23N3O2. The Kier molecular flexibility index (Phi) is 4.22. The van der Waals surface area contributed by atoms with Crippen molar-refractivity contribution in [2.45, 2.75) is 51.1 Å². The standard InChI is InChI=1S/C13H23N3O2/c1-2-9-5-6-16(10(7-9)8-14)13(18)11-3-4-12(17)15-11/h9-11H,2-8,14H2,1H3,(H,15,17)/t9?,10?,11-/m0/s1. The second-order valence-electron chi connectivity index (χ2n) is 5.38. The predicted molar refractivity (Wildman–Crippen MR) is 68.7 cm³/mol. The van der Waals surface area contributed by atoms with Gasteiger partial charge >= 0.3 is 0 Å². The van der Waals surface area contributed by atoms with Crippen LogP contribution in [0, 0.1) is 5.92 Å². The first-order valence-corrected chi connectivity index (χ1v) is 6.95. The molecule has 2 amide bonds. The van der Waals surface area contributed by atoms with Crippen LogP contribution >= 0.6 is 0 Å². The van der Waals surface area contributed by atoms with Crippen molar-refractivity contribution in [3.05, 3.63) is 0 Å². The van der Waals surface area contributed by atoms with E-state index < -0.39 is 0 Å². The van der Waals surface area contributed by atoms with Crippen molar-refractivity contribution in [1.82, 2.24) is 10.2 Å². The minimum absolute atomic E-state index is 0.0129. The van der Waals surface area contributed by atoms with Crippen LogP contribution in [-0.2, 0) is 9.59 Å². The van der Waals surface area contributed by atoms with Gasteiger partial charge in [-0.3, -0.25) is 9.59 Å². The van der Waals surface area contributed by atoms with Gasteiger partial charge in [0, 0.05) is 25.6 Å². The molecule has 2 fully saturated rings. The quantitative estimate of drug-likeness (QED) is 0.756. The maximum Gasteiger partial charge on any atom is 0.245 e. The van der Waals surface area contributed by atoms with Crippen LogP contribution in [0.2, 0.25) is 0 Å². The number of hydrogen-bond acceptors (Lipinski definition) is 3. The number of carbonyl (C=O) groups is 2. The van der Waals surface area contributed by atoms with Crippen LogP contribution < -0.4 is 11.1 Å². The van der Waals surface area contributed by atoms with Gasteiger partial charge in [0.05, 0.1) is 0 Å². The number of hydrogen-bond donors (Lipinski definition) is 2. The van der Waals surface area contributed by atoms with Crippen LogP contribution in [0.4, 0.5) is 0 Å². The van der Waals surface area contributed by atoms with Crippen molar-refractivity contribution in [2.75, 3.05) is 13.1 Å². The van der Waals surface area contributed by atoms with E-state index >= 15 is 0 Å². The molecule has 2 heterocycles. The molecule has 5 heteroatoms. The lowest BCUT2D eigenvalue weighted by atomic mass is 9.88. The fraction of sp³-hybridized carbons (Fsp3) is 0.846. The van der Waals surface area contributed by atoms with E-state index in [-0.39, 0.29) is 23.9 Å². The highest BCUT2D eigenvalue weighted by Gasteiger charge is 2.36. The Balaban J connectivity index is 1.98. The second-order valence-corrected chi connectivity index (χ2v) is 5.38. The highest BCUT2D eigenvalue weighted by Crippen LogP contribution is 2.26. The number of carbonyl (C=O) groups excluding carboxylic acids is 2. The van der Waals surface area contributed by atoms with Crippen LogP contribution in [0.25, 0.3) is 0 Å². The topological polar surface area (TPSA) is 75.4 Å². The third kappa shape index (κ3) is 2.66. The average Bonchev–Trinajstić information content (AvgIpc) is 2.83. The molecule has 0 aromatic rings. The molecule has 0 radical (unpaired) electrons. The van der Waals surface area contributed by atoms with Gasteiger partial charge in [-0.05, 0) is 25.2 Å². The van der Waals surface area contributed by atoms with Crippen molar-refractivity contribution >= 4 is 11.8 Å². The third-order valence-corrected chi connectivity index (χ3v) is 4.25. The maximum absolute atomic E-state index is 12.4. The smallest absolute Gasteiger partial charge is 0.245 e. The Morgan fingerprint density at radius 3 is 2.83 bits per heavy atom. The van der Waals surface area contributed by atoms with Gasteiger partial charge in [-0.1, -0.05) is 13.3 Å². The summed E-state index contributed by atoms with van der Waals surface area (Å²) in [5.74, 6) is 0.729. The summed E-state index contributed by atoms with van der Waals surface area (Å²) < 4.78 is 0. The SMILES string of the molecule is CCC1CCN(C(=O)[C@@H]2CCC(=O)N2)C(CN)C1. The minimum Gasteiger partial charge on any atom is -0.344 e. The van der Waals surface area contributed by atoms with E-state index in [0.717, 1.165) is 25.8 Å². The number of rotatable bonds is 3. The zero-order valence-corrected chi connectivity index (χ0v) is 11.0. The van der Waals surface area contributed by atoms with Gasteiger partial charge in [-0.25, -0.2) is 0 Å². The fourth-order valence-corrected chi connectivity index (χ4v) is 3.02. The van der Waals surface area contributed by atoms with Crippen molar-refractivity contribution in [1.29, 1.82) is 0 Å². The molecule has 0 aromatic carbocycles. The Labute approximate surface area is 108 Å².